The van der Waals surface area contributed by atoms with Crippen LogP contribution in [-0.4, -0.2) is 37.0 Å². The first kappa shape index (κ1) is 47.1. The van der Waals surface area contributed by atoms with Gasteiger partial charge in [-0.05, 0) is 83.5 Å². The Morgan fingerprint density at radius 1 is 0.490 bits per heavy atom. The molecule has 4 nitrogen and oxygen atoms in total. The summed E-state index contributed by atoms with van der Waals surface area (Å²) in [5.41, 5.74) is 0. The molecule has 0 aliphatic rings. The van der Waals surface area contributed by atoms with Crippen LogP contribution in [0.3, 0.4) is 0 Å². The lowest BCUT2D eigenvalue weighted by atomic mass is 10.1. The molecule has 0 radical (unpaired) electrons. The fourth-order valence-electron chi connectivity index (χ4n) is 5.66. The van der Waals surface area contributed by atoms with Gasteiger partial charge < -0.3 is 14.6 Å². The van der Waals surface area contributed by atoms with E-state index in [0.29, 0.717) is 13.0 Å². The summed E-state index contributed by atoms with van der Waals surface area (Å²) < 4.78 is 11.1. The summed E-state index contributed by atoms with van der Waals surface area (Å²) in [4.78, 5) is 12.2. The molecule has 0 aromatic carbocycles. The van der Waals surface area contributed by atoms with Gasteiger partial charge in [0, 0.05) is 13.0 Å². The van der Waals surface area contributed by atoms with Crippen LogP contribution < -0.4 is 0 Å². The standard InChI is InChI=1S/C45H80O4/c1-3-5-7-9-11-13-15-17-19-20-21-22-23-24-25-27-29-31-33-35-37-39-41-48-43-44(42-46)49-45(47)40-38-36-34-32-30-28-26-18-16-14-12-10-8-6-4-2/h12,14-15,17-18,20-21,23-24,26,44,46H,3-11,13,16,19,22,25,27-43H2,1-2H3/b14-12-,17-15-,21-20-,24-23-,26-18-. The Morgan fingerprint density at radius 3 is 1.33 bits per heavy atom. The molecule has 49 heavy (non-hydrogen) atoms. The molecule has 284 valence electrons. The summed E-state index contributed by atoms with van der Waals surface area (Å²) in [7, 11) is 0. The number of aliphatic hydroxyl groups is 1. The van der Waals surface area contributed by atoms with E-state index in [1.807, 2.05) is 0 Å². The van der Waals surface area contributed by atoms with Gasteiger partial charge in [0.2, 0.25) is 0 Å². The number of aliphatic hydroxyl groups excluding tert-OH is 1. The highest BCUT2D eigenvalue weighted by atomic mass is 16.6. The largest absolute Gasteiger partial charge is 0.457 e. The average molecular weight is 685 g/mol. The van der Waals surface area contributed by atoms with E-state index in [9.17, 15) is 9.90 Å². The molecule has 0 aliphatic carbocycles. The van der Waals surface area contributed by atoms with Gasteiger partial charge in [0.05, 0.1) is 13.2 Å². The van der Waals surface area contributed by atoms with Crippen molar-refractivity contribution in [1.29, 1.82) is 0 Å². The van der Waals surface area contributed by atoms with Crippen molar-refractivity contribution in [2.24, 2.45) is 0 Å². The summed E-state index contributed by atoms with van der Waals surface area (Å²) in [6.45, 7) is 5.27. The van der Waals surface area contributed by atoms with E-state index in [1.165, 1.54) is 116 Å². The number of hydrogen-bond acceptors (Lipinski definition) is 4. The number of rotatable bonds is 38. The second-order valence-corrected chi connectivity index (χ2v) is 13.7. The van der Waals surface area contributed by atoms with Gasteiger partial charge in [0.1, 0.15) is 6.10 Å². The van der Waals surface area contributed by atoms with E-state index >= 15 is 0 Å². The lowest BCUT2D eigenvalue weighted by molar-refractivity contribution is -0.154. The molecule has 0 amide bonds. The molecular formula is C45H80O4. The number of hydrogen-bond donors (Lipinski definition) is 1. The van der Waals surface area contributed by atoms with E-state index in [0.717, 1.165) is 57.8 Å². The molecule has 1 N–H and O–H groups in total. The molecule has 0 heterocycles. The fourth-order valence-corrected chi connectivity index (χ4v) is 5.66. The van der Waals surface area contributed by atoms with Gasteiger partial charge >= 0.3 is 5.97 Å². The molecular weight excluding hydrogens is 604 g/mol. The maximum atomic E-state index is 12.2. The monoisotopic (exact) mass is 685 g/mol. The minimum absolute atomic E-state index is 0.184. The predicted molar refractivity (Wildman–Crippen MR) is 214 cm³/mol. The second kappa shape index (κ2) is 42.3. The van der Waals surface area contributed by atoms with Crippen molar-refractivity contribution in [1.82, 2.24) is 0 Å². The van der Waals surface area contributed by atoms with Crippen LogP contribution in [0.2, 0.25) is 0 Å². The topological polar surface area (TPSA) is 55.8 Å². The number of carbonyl (C=O) groups excluding carboxylic acids is 1. The van der Waals surface area contributed by atoms with Crippen LogP contribution in [0.1, 0.15) is 194 Å². The van der Waals surface area contributed by atoms with Gasteiger partial charge in [-0.15, -0.1) is 0 Å². The highest BCUT2D eigenvalue weighted by Crippen LogP contribution is 2.12. The summed E-state index contributed by atoms with van der Waals surface area (Å²) >= 11 is 0. The Kier molecular flexibility index (Phi) is 40.6. The fraction of sp³-hybridized carbons (Fsp3) is 0.756. The molecule has 4 heteroatoms. The van der Waals surface area contributed by atoms with E-state index in [2.05, 4.69) is 74.6 Å². The summed E-state index contributed by atoms with van der Waals surface area (Å²) in [5, 5.41) is 9.59. The van der Waals surface area contributed by atoms with Crippen LogP contribution in [0.25, 0.3) is 0 Å². The summed E-state index contributed by atoms with van der Waals surface area (Å²) in [6, 6.07) is 0. The third-order valence-corrected chi connectivity index (χ3v) is 8.82. The van der Waals surface area contributed by atoms with Gasteiger partial charge in [-0.2, -0.15) is 0 Å². The van der Waals surface area contributed by atoms with E-state index in [1.54, 1.807) is 0 Å². The van der Waals surface area contributed by atoms with Crippen LogP contribution in [-0.2, 0) is 14.3 Å². The van der Waals surface area contributed by atoms with Gasteiger partial charge in [0.15, 0.2) is 0 Å². The number of unbranched alkanes of at least 4 members (excludes halogenated alkanes) is 20. The van der Waals surface area contributed by atoms with Gasteiger partial charge in [-0.1, -0.05) is 164 Å². The van der Waals surface area contributed by atoms with E-state index < -0.39 is 6.10 Å². The molecule has 0 aliphatic heterocycles. The smallest absolute Gasteiger partial charge is 0.306 e. The molecule has 0 saturated heterocycles. The second-order valence-electron chi connectivity index (χ2n) is 13.7. The van der Waals surface area contributed by atoms with Crippen molar-refractivity contribution >= 4 is 5.97 Å². The van der Waals surface area contributed by atoms with Gasteiger partial charge in [-0.3, -0.25) is 4.79 Å². The zero-order valence-electron chi connectivity index (χ0n) is 32.4. The third kappa shape index (κ3) is 40.4. The summed E-state index contributed by atoms with van der Waals surface area (Å²) in [6.07, 6.45) is 55.6. The van der Waals surface area contributed by atoms with Crippen molar-refractivity contribution in [2.75, 3.05) is 19.8 Å². The Hall–Kier alpha value is -1.91. The highest BCUT2D eigenvalue weighted by Gasteiger charge is 2.13. The van der Waals surface area contributed by atoms with Crippen LogP contribution in [0.4, 0.5) is 0 Å². The predicted octanol–water partition coefficient (Wildman–Crippen LogP) is 13.7. The maximum Gasteiger partial charge on any atom is 0.306 e. The normalized spacial score (nSPS) is 13.0. The first-order chi connectivity index (χ1) is 24.2. The Morgan fingerprint density at radius 2 is 0.857 bits per heavy atom. The Labute approximate surface area is 305 Å². The molecule has 0 fully saturated rings. The van der Waals surface area contributed by atoms with Crippen LogP contribution in [0.5, 0.6) is 0 Å². The Bertz CT molecular complexity index is 809. The minimum Gasteiger partial charge on any atom is -0.457 e. The van der Waals surface area contributed by atoms with Crippen molar-refractivity contribution in [2.45, 2.75) is 200 Å². The SMILES string of the molecule is CCCCC/C=C\C/C=C\CCCCCCCC(=O)OC(CO)COCCCCCCCCC/C=C\C/C=C\C/C=C\CCCCCCC. The molecule has 1 unspecified atom stereocenters. The number of esters is 1. The molecule has 0 saturated carbocycles. The quantitative estimate of drug-likeness (QED) is 0.0399. The van der Waals surface area contributed by atoms with Crippen LogP contribution in [0.15, 0.2) is 60.8 Å². The number of allylic oxidation sites excluding steroid dienone is 10. The van der Waals surface area contributed by atoms with Gasteiger partial charge in [-0.25, -0.2) is 0 Å². The number of carbonyl (C=O) groups is 1. The third-order valence-electron chi connectivity index (χ3n) is 8.82. The number of ether oxygens (including phenoxy) is 2. The van der Waals surface area contributed by atoms with E-state index in [-0.39, 0.29) is 19.2 Å². The Balaban J connectivity index is 3.49. The lowest BCUT2D eigenvalue weighted by Crippen LogP contribution is -2.27. The van der Waals surface area contributed by atoms with Crippen molar-refractivity contribution in [3.8, 4) is 0 Å². The van der Waals surface area contributed by atoms with Crippen molar-refractivity contribution in [3.63, 3.8) is 0 Å². The highest BCUT2D eigenvalue weighted by molar-refractivity contribution is 5.69. The zero-order chi connectivity index (χ0) is 35.6. The molecule has 0 spiro atoms. The van der Waals surface area contributed by atoms with Crippen LogP contribution in [0, 0.1) is 0 Å². The minimum atomic E-state index is -0.549. The van der Waals surface area contributed by atoms with E-state index in [4.69, 9.17) is 9.47 Å². The average Bonchev–Trinajstić information content (AvgIpc) is 3.11. The lowest BCUT2D eigenvalue weighted by Gasteiger charge is -2.15. The first-order valence-corrected chi connectivity index (χ1v) is 20.9. The molecule has 0 aromatic heterocycles. The zero-order valence-corrected chi connectivity index (χ0v) is 32.4. The molecule has 1 atom stereocenters. The molecule has 0 aromatic rings. The molecule has 0 bridgehead atoms. The maximum absolute atomic E-state index is 12.2. The van der Waals surface area contributed by atoms with Crippen LogP contribution >= 0.6 is 0 Å². The molecule has 0 rings (SSSR count). The van der Waals surface area contributed by atoms with Crippen molar-refractivity contribution in [3.05, 3.63) is 60.8 Å². The van der Waals surface area contributed by atoms with Crippen molar-refractivity contribution < 1.29 is 19.4 Å². The van der Waals surface area contributed by atoms with Gasteiger partial charge in [0.25, 0.3) is 0 Å². The first-order valence-electron chi connectivity index (χ1n) is 20.9. The summed E-state index contributed by atoms with van der Waals surface area (Å²) in [5.74, 6) is -0.220.